The van der Waals surface area contributed by atoms with Crippen LogP contribution >= 0.6 is 0 Å². The second-order valence-electron chi connectivity index (χ2n) is 10.5. The van der Waals surface area contributed by atoms with Gasteiger partial charge in [-0.2, -0.15) is 26.3 Å². The molecule has 0 heterocycles. The van der Waals surface area contributed by atoms with Gasteiger partial charge in [-0.15, -0.1) is 0 Å². The van der Waals surface area contributed by atoms with Gasteiger partial charge in [0.05, 0.1) is 12.2 Å². The summed E-state index contributed by atoms with van der Waals surface area (Å²) >= 11 is 0. The molecule has 0 aromatic rings. The third-order valence-electron chi connectivity index (χ3n) is 8.23. The topological polar surface area (TPSA) is 40.5 Å². The van der Waals surface area contributed by atoms with Crippen LogP contribution in [0.25, 0.3) is 0 Å². The molecule has 6 atom stereocenters. The highest BCUT2D eigenvalue weighted by Crippen LogP contribution is 2.59. The predicted molar refractivity (Wildman–Crippen MR) is 123 cm³/mol. The maximum Gasteiger partial charge on any atom is 0.421 e. The summed E-state index contributed by atoms with van der Waals surface area (Å²) in [5.41, 5.74) is 0.121. The third-order valence-corrected chi connectivity index (χ3v) is 8.23. The van der Waals surface area contributed by atoms with Crippen LogP contribution in [0.1, 0.15) is 58.8 Å². The van der Waals surface area contributed by atoms with E-state index >= 15 is 0 Å². The van der Waals surface area contributed by atoms with E-state index in [1.165, 1.54) is 11.6 Å². The van der Waals surface area contributed by atoms with Gasteiger partial charge in [0.2, 0.25) is 0 Å². The number of halogens is 6. The van der Waals surface area contributed by atoms with Gasteiger partial charge in [-0.3, -0.25) is 0 Å². The fourth-order valence-electron chi connectivity index (χ4n) is 6.42. The van der Waals surface area contributed by atoms with Crippen LogP contribution in [-0.2, 0) is 0 Å². The average molecular weight is 505 g/mol. The van der Waals surface area contributed by atoms with Gasteiger partial charge in [-0.1, -0.05) is 50.3 Å². The minimum Gasteiger partial charge on any atom is -0.393 e. The number of aliphatic hydroxyl groups excluding tert-OH is 2. The lowest BCUT2D eigenvalue weighted by atomic mass is 9.61. The van der Waals surface area contributed by atoms with Crippen molar-refractivity contribution in [1.82, 2.24) is 0 Å². The smallest absolute Gasteiger partial charge is 0.393 e. The van der Waals surface area contributed by atoms with Gasteiger partial charge in [0.25, 0.3) is 0 Å². The predicted octanol–water partition coefficient (Wildman–Crippen LogP) is 7.37. The molecule has 0 aromatic heterocycles. The first kappa shape index (κ1) is 27.8. The van der Waals surface area contributed by atoms with E-state index in [4.69, 9.17) is 0 Å². The monoisotopic (exact) mass is 504 g/mol. The van der Waals surface area contributed by atoms with Gasteiger partial charge in [-0.05, 0) is 78.9 Å². The maximum atomic E-state index is 12.8. The minimum absolute atomic E-state index is 0.102. The summed E-state index contributed by atoms with van der Waals surface area (Å²) < 4.78 is 76.6. The number of hydrogen-bond donors (Lipinski definition) is 2. The molecular formula is C27H34F6O2. The summed E-state index contributed by atoms with van der Waals surface area (Å²) in [6, 6.07) is 0. The number of fused-ring (bicyclic) bond motifs is 1. The largest absolute Gasteiger partial charge is 0.421 e. The summed E-state index contributed by atoms with van der Waals surface area (Å²) in [5.74, 6) is 0.240. The fraction of sp³-hybridized carbons (Fsp3) is 0.630. The zero-order valence-corrected chi connectivity index (χ0v) is 20.1. The summed E-state index contributed by atoms with van der Waals surface area (Å²) in [5, 5.41) is 20.1. The van der Waals surface area contributed by atoms with Crippen LogP contribution in [0.4, 0.5) is 26.3 Å². The third kappa shape index (κ3) is 6.13. The van der Waals surface area contributed by atoms with E-state index in [1.807, 2.05) is 13.0 Å². The molecule has 8 heteroatoms. The molecule has 3 aliphatic carbocycles. The highest BCUT2D eigenvalue weighted by molar-refractivity contribution is 5.38. The van der Waals surface area contributed by atoms with Crippen LogP contribution in [0.5, 0.6) is 0 Å². The molecule has 0 radical (unpaired) electrons. The normalized spacial score (nSPS) is 35.5. The molecule has 3 saturated carbocycles. The lowest BCUT2D eigenvalue weighted by Crippen LogP contribution is -2.35. The van der Waals surface area contributed by atoms with E-state index in [0.717, 1.165) is 43.8 Å². The van der Waals surface area contributed by atoms with E-state index in [2.05, 4.69) is 19.6 Å². The van der Waals surface area contributed by atoms with Gasteiger partial charge in [0.15, 0.2) is 0 Å². The Balaban J connectivity index is 1.78. The first-order valence-corrected chi connectivity index (χ1v) is 12.1. The Bertz CT molecular complexity index is 907. The molecule has 2 N–H and O–H groups in total. The molecule has 0 aromatic carbocycles. The maximum absolute atomic E-state index is 12.8. The summed E-state index contributed by atoms with van der Waals surface area (Å²) in [6.07, 6.45) is -0.483. The molecular weight excluding hydrogens is 470 g/mol. The first-order chi connectivity index (χ1) is 16.1. The van der Waals surface area contributed by atoms with E-state index in [0.29, 0.717) is 12.0 Å². The molecule has 3 rings (SSSR count). The second-order valence-corrected chi connectivity index (χ2v) is 10.5. The number of alkyl halides is 6. The van der Waals surface area contributed by atoms with Gasteiger partial charge >= 0.3 is 12.4 Å². The number of rotatable bonds is 4. The second kappa shape index (κ2) is 10.3. The van der Waals surface area contributed by atoms with Gasteiger partial charge in [0, 0.05) is 6.42 Å². The lowest BCUT2D eigenvalue weighted by molar-refractivity contribution is -0.171. The van der Waals surface area contributed by atoms with Crippen molar-refractivity contribution in [2.75, 3.05) is 0 Å². The van der Waals surface area contributed by atoms with Gasteiger partial charge < -0.3 is 10.2 Å². The molecule has 2 nitrogen and oxygen atoms in total. The van der Waals surface area contributed by atoms with Crippen molar-refractivity contribution in [2.24, 2.45) is 23.2 Å². The Hall–Kier alpha value is -1.80. The Labute approximate surface area is 202 Å². The molecule has 0 saturated heterocycles. The molecule has 196 valence electrons. The highest BCUT2D eigenvalue weighted by Gasteiger charge is 2.51. The minimum atomic E-state index is -5.45. The van der Waals surface area contributed by atoms with Crippen molar-refractivity contribution in [3.05, 3.63) is 59.3 Å². The van der Waals surface area contributed by atoms with Gasteiger partial charge in [-0.25, -0.2) is 0 Å². The van der Waals surface area contributed by atoms with Crippen LogP contribution < -0.4 is 0 Å². The van der Waals surface area contributed by atoms with Crippen molar-refractivity contribution in [2.45, 2.75) is 83.4 Å². The van der Waals surface area contributed by atoms with Crippen molar-refractivity contribution in [3.8, 4) is 0 Å². The summed E-state index contributed by atoms with van der Waals surface area (Å²) in [4.78, 5) is 0. The van der Waals surface area contributed by atoms with Crippen molar-refractivity contribution in [3.63, 3.8) is 0 Å². The highest BCUT2D eigenvalue weighted by atomic mass is 19.4. The Kier molecular flexibility index (Phi) is 8.17. The van der Waals surface area contributed by atoms with Gasteiger partial charge in [0.1, 0.15) is 5.57 Å². The van der Waals surface area contributed by atoms with Crippen LogP contribution in [0.15, 0.2) is 59.3 Å². The standard InChI is InChI=1S/C27H34F6O2/c1-16(6-4-8-24(26(28,29)30)27(31,32)33)21-11-12-22-18(7-5-13-25(21,22)3)9-10-19-14-20(34)15-23(35)17(19)2/h4,6,8-10,16,20-23,34-35H,2,5,7,11-15H2,1,3H3/b6-4+,18-9+,19-10-/t16-,20+,21+,22-,23-,25+/m0/s1. The summed E-state index contributed by atoms with van der Waals surface area (Å²) in [7, 11) is 0. The lowest BCUT2D eigenvalue weighted by Gasteiger charge is -2.44. The molecule has 0 bridgehead atoms. The molecule has 0 spiro atoms. The van der Waals surface area contributed by atoms with Crippen LogP contribution in [0.3, 0.4) is 0 Å². The Morgan fingerprint density at radius 3 is 2.37 bits per heavy atom. The van der Waals surface area contributed by atoms with E-state index in [9.17, 15) is 36.6 Å². The van der Waals surface area contributed by atoms with E-state index in [-0.39, 0.29) is 35.7 Å². The average Bonchev–Trinajstić information content (AvgIpc) is 3.08. The number of allylic oxidation sites excluding steroid dienone is 7. The van der Waals surface area contributed by atoms with Crippen molar-refractivity contribution in [1.29, 1.82) is 0 Å². The SMILES string of the molecule is C=C1/C(=C\C=C2/CCC[C@]3(C)[C@@H]([C@@H](C)/C=C/C=C(C(F)(F)F)C(F)(F)F)CC[C@@H]23)C[C@@H](O)C[C@@H]1O. The summed E-state index contributed by atoms with van der Waals surface area (Å²) in [6.45, 7) is 7.99. The van der Waals surface area contributed by atoms with Crippen LogP contribution in [0, 0.1) is 23.2 Å². The zero-order chi connectivity index (χ0) is 26.2. The van der Waals surface area contributed by atoms with Crippen molar-refractivity contribution >= 4 is 0 Å². The van der Waals surface area contributed by atoms with Crippen molar-refractivity contribution < 1.29 is 36.6 Å². The Morgan fingerprint density at radius 2 is 1.74 bits per heavy atom. The van der Waals surface area contributed by atoms with Crippen LogP contribution in [0.2, 0.25) is 0 Å². The molecule has 0 unspecified atom stereocenters. The first-order valence-electron chi connectivity index (χ1n) is 12.1. The quantitative estimate of drug-likeness (QED) is 0.310. The number of hydrogen-bond acceptors (Lipinski definition) is 2. The molecule has 0 amide bonds. The molecule has 3 aliphatic rings. The zero-order valence-electron chi connectivity index (χ0n) is 20.1. The van der Waals surface area contributed by atoms with E-state index in [1.54, 1.807) is 0 Å². The van der Waals surface area contributed by atoms with Crippen LogP contribution in [-0.4, -0.2) is 34.8 Å². The molecule has 35 heavy (non-hydrogen) atoms. The molecule has 3 fully saturated rings. The fourth-order valence-corrected chi connectivity index (χ4v) is 6.42. The van der Waals surface area contributed by atoms with E-state index < -0.39 is 30.1 Å². The number of aliphatic hydroxyl groups is 2. The Morgan fingerprint density at radius 1 is 1.09 bits per heavy atom. The molecule has 0 aliphatic heterocycles.